The minimum absolute atomic E-state index is 0.00107. The molecule has 0 amide bonds. The summed E-state index contributed by atoms with van der Waals surface area (Å²) < 4.78 is 43.6. The fraction of sp³-hybridized carbons (Fsp3) is 0.500. The first kappa shape index (κ1) is 19.5. The lowest BCUT2D eigenvalue weighted by Crippen LogP contribution is -2.37. The number of anilines is 1. The summed E-state index contributed by atoms with van der Waals surface area (Å²) in [6, 6.07) is 6.43. The molecule has 1 fully saturated rings. The van der Waals surface area contributed by atoms with Crippen molar-refractivity contribution in [2.24, 2.45) is 0 Å². The number of nitrogens with zero attached hydrogens (tertiary/aromatic N) is 2. The van der Waals surface area contributed by atoms with Gasteiger partial charge in [-0.05, 0) is 37.1 Å². The van der Waals surface area contributed by atoms with Crippen molar-refractivity contribution in [3.63, 3.8) is 0 Å². The largest absolute Gasteiger partial charge is 0.416 e. The lowest BCUT2D eigenvalue weighted by molar-refractivity contribution is -0.137. The molecule has 1 aromatic heterocycles. The first-order chi connectivity index (χ1) is 12.6. The Balaban J connectivity index is 1.72. The number of carbonyl (C=O) groups excluding carboxylic acids is 1. The molecule has 0 spiro atoms. The number of hydrogen-bond acceptors (Lipinski definition) is 4. The van der Waals surface area contributed by atoms with E-state index in [0.717, 1.165) is 24.3 Å². The number of ketones is 1. The third-order valence-corrected chi connectivity index (χ3v) is 4.80. The maximum atomic E-state index is 12.8. The summed E-state index contributed by atoms with van der Waals surface area (Å²) in [5, 5.41) is 3.99. The van der Waals surface area contributed by atoms with Gasteiger partial charge in [-0.2, -0.15) is 13.2 Å². The number of benzene rings is 1. The van der Waals surface area contributed by atoms with Crippen LogP contribution in [-0.2, 0) is 22.8 Å². The zero-order valence-corrected chi connectivity index (χ0v) is 15.6. The van der Waals surface area contributed by atoms with Crippen LogP contribution in [0.1, 0.15) is 50.6 Å². The molecule has 1 atom stereocenters. The molecule has 0 bridgehead atoms. The highest BCUT2D eigenvalue weighted by Gasteiger charge is 2.33. The number of Topliss-reactive ketones (excluding diaryl/α,β-unsaturated/α-hetero) is 1. The minimum atomic E-state index is -4.36. The molecule has 0 saturated carbocycles. The van der Waals surface area contributed by atoms with Gasteiger partial charge in [-0.15, -0.1) is 0 Å². The van der Waals surface area contributed by atoms with Crippen molar-refractivity contribution in [3.05, 3.63) is 47.3 Å². The van der Waals surface area contributed by atoms with Crippen molar-refractivity contribution >= 4 is 11.5 Å². The second kappa shape index (κ2) is 7.02. The molecule has 146 valence electrons. The van der Waals surface area contributed by atoms with E-state index in [2.05, 4.69) is 5.16 Å². The Labute approximate surface area is 156 Å². The molecule has 0 aliphatic carbocycles. The highest BCUT2D eigenvalue weighted by atomic mass is 19.4. The lowest BCUT2D eigenvalue weighted by Gasteiger charge is -2.26. The Morgan fingerprint density at radius 3 is 2.44 bits per heavy atom. The molecule has 0 radical (unpaired) electrons. The van der Waals surface area contributed by atoms with Gasteiger partial charge in [0.2, 0.25) is 0 Å². The zero-order valence-electron chi connectivity index (χ0n) is 15.6. The minimum Gasteiger partial charge on any atom is -0.361 e. The first-order valence-electron chi connectivity index (χ1n) is 8.98. The standard InChI is InChI=1S/C20H23F3N2O2/c1-19(2,3)18-12-14(24-27-18)11-17(26)16-5-4-10-25(16)15-8-6-13(7-9-15)20(21,22)23/h6-9,12,16H,4-5,10-11H2,1-3H3/t16-/m0/s1. The van der Waals surface area contributed by atoms with E-state index in [9.17, 15) is 18.0 Å². The molecular formula is C20H23F3N2O2. The number of halogens is 3. The summed E-state index contributed by atoms with van der Waals surface area (Å²) >= 11 is 0. The van der Waals surface area contributed by atoms with Crippen molar-refractivity contribution in [1.82, 2.24) is 5.16 Å². The fourth-order valence-corrected chi connectivity index (χ4v) is 3.30. The van der Waals surface area contributed by atoms with E-state index in [-0.39, 0.29) is 23.7 Å². The second-order valence-corrected chi connectivity index (χ2v) is 7.97. The molecule has 2 heterocycles. The van der Waals surface area contributed by atoms with E-state index in [0.29, 0.717) is 24.3 Å². The fourth-order valence-electron chi connectivity index (χ4n) is 3.30. The Kier molecular flexibility index (Phi) is 5.06. The van der Waals surface area contributed by atoms with Crippen LogP contribution in [0.3, 0.4) is 0 Å². The number of carbonyl (C=O) groups is 1. The van der Waals surface area contributed by atoms with Crippen LogP contribution in [0.15, 0.2) is 34.9 Å². The summed E-state index contributed by atoms with van der Waals surface area (Å²) in [6.45, 7) is 6.65. The predicted octanol–water partition coefficient (Wildman–Crippen LogP) is 4.77. The molecule has 0 unspecified atom stereocenters. The highest BCUT2D eigenvalue weighted by molar-refractivity contribution is 5.89. The van der Waals surface area contributed by atoms with Gasteiger partial charge in [0.25, 0.3) is 0 Å². The lowest BCUT2D eigenvalue weighted by atomic mass is 9.93. The van der Waals surface area contributed by atoms with E-state index < -0.39 is 11.7 Å². The average Bonchev–Trinajstić information content (AvgIpc) is 3.22. The second-order valence-electron chi connectivity index (χ2n) is 7.97. The molecular weight excluding hydrogens is 357 g/mol. The summed E-state index contributed by atoms with van der Waals surface area (Å²) in [6.07, 6.45) is -2.70. The summed E-state index contributed by atoms with van der Waals surface area (Å²) in [4.78, 5) is 14.7. The van der Waals surface area contributed by atoms with Crippen LogP contribution in [0.5, 0.6) is 0 Å². The molecule has 1 aliphatic rings. The topological polar surface area (TPSA) is 46.3 Å². The normalized spacial score (nSPS) is 18.1. The Morgan fingerprint density at radius 1 is 1.22 bits per heavy atom. The number of alkyl halides is 3. The van der Waals surface area contributed by atoms with Crippen molar-refractivity contribution in [3.8, 4) is 0 Å². The van der Waals surface area contributed by atoms with Gasteiger partial charge in [0.15, 0.2) is 5.78 Å². The van der Waals surface area contributed by atoms with E-state index >= 15 is 0 Å². The van der Waals surface area contributed by atoms with Crippen LogP contribution in [0, 0.1) is 0 Å². The van der Waals surface area contributed by atoms with Gasteiger partial charge in [-0.25, -0.2) is 0 Å². The van der Waals surface area contributed by atoms with E-state index in [1.807, 2.05) is 25.7 Å². The molecule has 4 nitrogen and oxygen atoms in total. The van der Waals surface area contributed by atoms with Crippen molar-refractivity contribution < 1.29 is 22.5 Å². The van der Waals surface area contributed by atoms with Crippen molar-refractivity contribution in [2.75, 3.05) is 11.4 Å². The van der Waals surface area contributed by atoms with Crippen LogP contribution in [0.4, 0.5) is 18.9 Å². The van der Waals surface area contributed by atoms with Crippen LogP contribution in [0.25, 0.3) is 0 Å². The van der Waals surface area contributed by atoms with Crippen LogP contribution >= 0.6 is 0 Å². The number of aromatic nitrogens is 1. The first-order valence-corrected chi connectivity index (χ1v) is 8.98. The molecule has 27 heavy (non-hydrogen) atoms. The van der Waals surface area contributed by atoms with Gasteiger partial charge >= 0.3 is 6.18 Å². The maximum Gasteiger partial charge on any atom is 0.416 e. The molecule has 3 rings (SSSR count). The number of rotatable bonds is 4. The summed E-state index contributed by atoms with van der Waals surface area (Å²) in [5.41, 5.74) is 0.345. The van der Waals surface area contributed by atoms with Crippen LogP contribution < -0.4 is 4.90 Å². The van der Waals surface area contributed by atoms with Crippen molar-refractivity contribution in [1.29, 1.82) is 0 Å². The van der Waals surface area contributed by atoms with E-state index in [4.69, 9.17) is 4.52 Å². The zero-order chi connectivity index (χ0) is 19.8. The molecule has 1 aromatic carbocycles. The summed E-state index contributed by atoms with van der Waals surface area (Å²) in [5.74, 6) is 0.720. The monoisotopic (exact) mass is 380 g/mol. The van der Waals surface area contributed by atoms with Crippen LogP contribution in [-0.4, -0.2) is 23.5 Å². The van der Waals surface area contributed by atoms with Gasteiger partial charge < -0.3 is 9.42 Å². The highest BCUT2D eigenvalue weighted by Crippen LogP contribution is 2.33. The predicted molar refractivity (Wildman–Crippen MR) is 95.7 cm³/mol. The molecule has 0 N–H and O–H groups in total. The van der Waals surface area contributed by atoms with Gasteiger partial charge in [0.05, 0.1) is 23.7 Å². The van der Waals surface area contributed by atoms with E-state index in [1.54, 1.807) is 6.07 Å². The quantitative estimate of drug-likeness (QED) is 0.766. The SMILES string of the molecule is CC(C)(C)c1cc(CC(=O)[C@@H]2CCCN2c2ccc(C(F)(F)F)cc2)no1. The van der Waals surface area contributed by atoms with Crippen LogP contribution in [0.2, 0.25) is 0 Å². The average molecular weight is 380 g/mol. The van der Waals surface area contributed by atoms with Gasteiger partial charge in [0.1, 0.15) is 5.76 Å². The molecule has 7 heteroatoms. The Bertz CT molecular complexity index is 804. The molecule has 1 aliphatic heterocycles. The Morgan fingerprint density at radius 2 is 1.89 bits per heavy atom. The third-order valence-electron chi connectivity index (χ3n) is 4.80. The molecule has 2 aromatic rings. The van der Waals surface area contributed by atoms with Gasteiger partial charge in [-0.3, -0.25) is 4.79 Å². The smallest absolute Gasteiger partial charge is 0.361 e. The Hall–Kier alpha value is -2.31. The summed E-state index contributed by atoms with van der Waals surface area (Å²) in [7, 11) is 0. The maximum absolute atomic E-state index is 12.8. The van der Waals surface area contributed by atoms with Gasteiger partial charge in [-0.1, -0.05) is 25.9 Å². The van der Waals surface area contributed by atoms with Gasteiger partial charge in [0, 0.05) is 23.7 Å². The van der Waals surface area contributed by atoms with Crippen molar-refractivity contribution in [2.45, 2.75) is 57.7 Å². The van der Waals surface area contributed by atoms with E-state index in [1.165, 1.54) is 12.1 Å². The molecule has 1 saturated heterocycles. The third kappa shape index (κ3) is 4.34. The number of hydrogen-bond donors (Lipinski definition) is 0.